The molecular formula is C19H18N6O. The highest BCUT2D eigenvalue weighted by Crippen LogP contribution is 2.28. The molecule has 7 heteroatoms. The molecule has 2 heterocycles. The van der Waals surface area contributed by atoms with E-state index in [9.17, 15) is 5.26 Å². The molecule has 130 valence electrons. The van der Waals surface area contributed by atoms with Gasteiger partial charge in [0.2, 0.25) is 5.88 Å². The minimum absolute atomic E-state index is 0. The SMILES string of the molecule is Cc1ccc2nc(-c3nc(Oc4ccccc4C#N)cnc3N)[nH]c2c1.[HH].[HH]. The molecule has 2 aromatic carbocycles. The van der Waals surface area contributed by atoms with E-state index in [1.807, 2.05) is 25.1 Å². The quantitative estimate of drug-likeness (QED) is 0.578. The third-order valence-electron chi connectivity index (χ3n) is 3.86. The van der Waals surface area contributed by atoms with Gasteiger partial charge in [0.05, 0.1) is 22.8 Å². The van der Waals surface area contributed by atoms with Gasteiger partial charge in [-0.3, -0.25) is 0 Å². The second-order valence-corrected chi connectivity index (χ2v) is 5.76. The Hall–Kier alpha value is -3.92. The standard InChI is InChI=1S/C19H14N6O.2H2/c1-11-6-7-13-14(8-11)24-19(23-13)17-18(21)22-10-16(25-17)26-15-5-3-2-4-12(15)9-20;;/h2-8,10H,1H3,(H2,21,22)(H,23,24);2*1H. The van der Waals surface area contributed by atoms with E-state index in [-0.39, 0.29) is 14.6 Å². The lowest BCUT2D eigenvalue weighted by molar-refractivity contribution is 0.459. The highest BCUT2D eigenvalue weighted by molar-refractivity contribution is 5.81. The zero-order chi connectivity index (χ0) is 18.1. The number of anilines is 1. The van der Waals surface area contributed by atoms with E-state index >= 15 is 0 Å². The average molecular weight is 346 g/mol. The predicted molar refractivity (Wildman–Crippen MR) is 102 cm³/mol. The number of hydrogen-bond acceptors (Lipinski definition) is 6. The molecule has 0 unspecified atom stereocenters. The Bertz CT molecular complexity index is 1170. The van der Waals surface area contributed by atoms with Crippen molar-refractivity contribution in [3.63, 3.8) is 0 Å². The van der Waals surface area contributed by atoms with E-state index in [0.29, 0.717) is 22.8 Å². The fourth-order valence-electron chi connectivity index (χ4n) is 2.60. The van der Waals surface area contributed by atoms with Crippen molar-refractivity contribution in [1.29, 1.82) is 5.26 Å². The summed E-state index contributed by atoms with van der Waals surface area (Å²) in [6, 6.07) is 14.9. The van der Waals surface area contributed by atoms with Gasteiger partial charge >= 0.3 is 0 Å². The molecule has 0 saturated carbocycles. The van der Waals surface area contributed by atoms with Crippen LogP contribution in [0.3, 0.4) is 0 Å². The molecule has 0 aliphatic carbocycles. The van der Waals surface area contributed by atoms with Gasteiger partial charge in [-0.1, -0.05) is 18.2 Å². The minimum atomic E-state index is 0. The van der Waals surface area contributed by atoms with Gasteiger partial charge in [-0.2, -0.15) is 5.26 Å². The summed E-state index contributed by atoms with van der Waals surface area (Å²) < 4.78 is 5.72. The summed E-state index contributed by atoms with van der Waals surface area (Å²) in [5.74, 6) is 1.38. The van der Waals surface area contributed by atoms with E-state index in [0.717, 1.165) is 16.6 Å². The summed E-state index contributed by atoms with van der Waals surface area (Å²) in [4.78, 5) is 16.3. The monoisotopic (exact) mass is 346 g/mol. The van der Waals surface area contributed by atoms with Gasteiger partial charge < -0.3 is 15.5 Å². The predicted octanol–water partition coefficient (Wildman–Crippen LogP) is 4.07. The second-order valence-electron chi connectivity index (χ2n) is 5.76. The second kappa shape index (κ2) is 6.18. The zero-order valence-electron chi connectivity index (χ0n) is 13.9. The largest absolute Gasteiger partial charge is 0.436 e. The molecule has 0 aliphatic rings. The number of nitrogens with two attached hydrogens (primary N) is 1. The van der Waals surface area contributed by atoms with Crippen LogP contribution in [0, 0.1) is 18.3 Å². The Morgan fingerprint density at radius 1 is 1.19 bits per heavy atom. The number of benzene rings is 2. The lowest BCUT2D eigenvalue weighted by Crippen LogP contribution is -2.00. The fourth-order valence-corrected chi connectivity index (χ4v) is 2.60. The van der Waals surface area contributed by atoms with Gasteiger partial charge in [0.1, 0.15) is 11.8 Å². The number of rotatable bonds is 3. The van der Waals surface area contributed by atoms with E-state index in [1.165, 1.54) is 6.20 Å². The van der Waals surface area contributed by atoms with Gasteiger partial charge in [0.25, 0.3) is 0 Å². The number of aryl methyl sites for hydroxylation is 1. The molecule has 0 amide bonds. The van der Waals surface area contributed by atoms with E-state index in [2.05, 4.69) is 26.0 Å². The number of imidazole rings is 1. The highest BCUT2D eigenvalue weighted by Gasteiger charge is 2.14. The molecule has 26 heavy (non-hydrogen) atoms. The molecule has 7 nitrogen and oxygen atoms in total. The molecular weight excluding hydrogens is 328 g/mol. The maximum absolute atomic E-state index is 9.18. The molecule has 4 rings (SSSR count). The summed E-state index contributed by atoms with van der Waals surface area (Å²) in [5.41, 5.74) is 9.61. The van der Waals surface area contributed by atoms with Crippen molar-refractivity contribution in [3.05, 3.63) is 59.8 Å². The van der Waals surface area contributed by atoms with Gasteiger partial charge in [0.15, 0.2) is 17.3 Å². The number of nitrogen functional groups attached to an aromatic ring is 1. The molecule has 0 aliphatic heterocycles. The molecule has 0 saturated heterocycles. The maximum Gasteiger partial charge on any atom is 0.238 e. The first-order chi connectivity index (χ1) is 12.6. The lowest BCUT2D eigenvalue weighted by Gasteiger charge is -2.08. The molecule has 2 aromatic heterocycles. The van der Waals surface area contributed by atoms with Crippen LogP contribution >= 0.6 is 0 Å². The van der Waals surface area contributed by atoms with Gasteiger partial charge in [0, 0.05) is 2.85 Å². The van der Waals surface area contributed by atoms with Crippen LogP contribution in [0.4, 0.5) is 5.82 Å². The Labute approximate surface area is 152 Å². The van der Waals surface area contributed by atoms with Crippen LogP contribution in [-0.4, -0.2) is 19.9 Å². The smallest absolute Gasteiger partial charge is 0.238 e. The molecule has 0 bridgehead atoms. The number of hydrogen-bond donors (Lipinski definition) is 2. The number of ether oxygens (including phenoxy) is 1. The van der Waals surface area contributed by atoms with E-state index < -0.39 is 0 Å². The first kappa shape index (κ1) is 15.6. The Kier molecular flexibility index (Phi) is 3.71. The Balaban J connectivity index is 0.00000140. The third-order valence-corrected chi connectivity index (χ3v) is 3.86. The highest BCUT2D eigenvalue weighted by atomic mass is 16.5. The zero-order valence-corrected chi connectivity index (χ0v) is 13.9. The van der Waals surface area contributed by atoms with E-state index in [4.69, 9.17) is 10.5 Å². The molecule has 0 fully saturated rings. The topological polar surface area (TPSA) is 114 Å². The van der Waals surface area contributed by atoms with Crippen molar-refractivity contribution < 1.29 is 7.59 Å². The number of nitrogens with one attached hydrogen (secondary N) is 1. The van der Waals surface area contributed by atoms with Gasteiger partial charge in [-0.05, 0) is 36.8 Å². The molecule has 4 aromatic rings. The first-order valence-electron chi connectivity index (χ1n) is 7.90. The van der Waals surface area contributed by atoms with Crippen LogP contribution in [0.15, 0.2) is 48.7 Å². The molecule has 0 spiro atoms. The van der Waals surface area contributed by atoms with Crippen molar-refractivity contribution in [2.24, 2.45) is 0 Å². The lowest BCUT2D eigenvalue weighted by atomic mass is 10.2. The van der Waals surface area contributed by atoms with Crippen molar-refractivity contribution >= 4 is 16.9 Å². The van der Waals surface area contributed by atoms with Gasteiger partial charge in [-0.25, -0.2) is 15.0 Å². The number of H-pyrrole nitrogens is 1. The maximum atomic E-state index is 9.18. The summed E-state index contributed by atoms with van der Waals surface area (Å²) in [5, 5.41) is 9.18. The van der Waals surface area contributed by atoms with Crippen molar-refractivity contribution in [1.82, 2.24) is 19.9 Å². The van der Waals surface area contributed by atoms with Crippen LogP contribution in [0.25, 0.3) is 22.6 Å². The molecule has 0 atom stereocenters. The normalized spacial score (nSPS) is 10.6. The first-order valence-corrected chi connectivity index (χ1v) is 7.90. The number of para-hydroxylation sites is 1. The van der Waals surface area contributed by atoms with E-state index in [1.54, 1.807) is 24.3 Å². The summed E-state index contributed by atoms with van der Waals surface area (Å²) >= 11 is 0. The van der Waals surface area contributed by atoms with Gasteiger partial charge in [-0.15, -0.1) is 0 Å². The number of fused-ring (bicyclic) bond motifs is 1. The summed E-state index contributed by atoms with van der Waals surface area (Å²) in [6.45, 7) is 2.01. The Morgan fingerprint density at radius 2 is 2.04 bits per heavy atom. The number of nitriles is 1. The average Bonchev–Trinajstić information content (AvgIpc) is 3.06. The molecule has 3 N–H and O–H groups in total. The van der Waals surface area contributed by atoms with Crippen LogP contribution in [0.5, 0.6) is 11.6 Å². The number of aromatic nitrogens is 4. The summed E-state index contributed by atoms with van der Waals surface area (Å²) in [7, 11) is 0. The Morgan fingerprint density at radius 3 is 2.88 bits per heavy atom. The summed E-state index contributed by atoms with van der Waals surface area (Å²) in [6.07, 6.45) is 1.42. The van der Waals surface area contributed by atoms with Crippen molar-refractivity contribution in [3.8, 4) is 29.2 Å². The fraction of sp³-hybridized carbons (Fsp3) is 0.0526. The van der Waals surface area contributed by atoms with Crippen molar-refractivity contribution in [2.45, 2.75) is 6.92 Å². The third kappa shape index (κ3) is 2.80. The van der Waals surface area contributed by atoms with Crippen LogP contribution in [0.1, 0.15) is 14.0 Å². The van der Waals surface area contributed by atoms with Crippen LogP contribution in [-0.2, 0) is 0 Å². The van der Waals surface area contributed by atoms with Crippen LogP contribution in [0.2, 0.25) is 0 Å². The minimum Gasteiger partial charge on any atom is -0.436 e. The number of aromatic amines is 1. The number of nitrogens with zero attached hydrogens (tertiary/aromatic N) is 4. The molecule has 0 radical (unpaired) electrons. The van der Waals surface area contributed by atoms with Crippen LogP contribution < -0.4 is 10.5 Å². The van der Waals surface area contributed by atoms with Crippen molar-refractivity contribution in [2.75, 3.05) is 5.73 Å².